The van der Waals surface area contributed by atoms with Gasteiger partial charge in [-0.05, 0) is 57.6 Å². The van der Waals surface area contributed by atoms with Crippen molar-refractivity contribution < 1.29 is 17.3 Å². The second-order valence-corrected chi connectivity index (χ2v) is 8.83. The lowest BCUT2D eigenvalue weighted by Crippen LogP contribution is -3.11. The first-order chi connectivity index (χ1) is 13.8. The number of nitrogens with one attached hydrogen (secondary N) is 1. The number of unbranched alkanes of at least 4 members (excludes halogenated alkanes) is 13. The highest BCUT2D eigenvalue weighted by Crippen LogP contribution is 2.15. The standard InChI is InChI=1S/C27H49N.ClH/c1-4-28(5-2)25-21-17-15-13-11-9-7-6-8-10-12-14-16-18-23-27-24-20-19-22-26(27)3;/h19-20,22,24H,4-18,21,23,25H2,1-3H3;1H. The SMILES string of the molecule is CC[NH+](CC)CCCCCCCCCCCCCCCCc1ccccc1C.[Cl-]. The highest BCUT2D eigenvalue weighted by atomic mass is 35.5. The molecule has 0 unspecified atom stereocenters. The fourth-order valence-electron chi connectivity index (χ4n) is 4.31. The molecule has 0 aromatic heterocycles. The monoisotopic (exact) mass is 423 g/mol. The molecule has 1 rings (SSSR count). The van der Waals surface area contributed by atoms with Gasteiger partial charge >= 0.3 is 0 Å². The minimum Gasteiger partial charge on any atom is -1.00 e. The van der Waals surface area contributed by atoms with E-state index >= 15 is 0 Å². The molecule has 0 spiro atoms. The molecule has 0 aliphatic carbocycles. The molecule has 29 heavy (non-hydrogen) atoms. The summed E-state index contributed by atoms with van der Waals surface area (Å²) in [5.74, 6) is 0. The van der Waals surface area contributed by atoms with Crippen LogP contribution in [-0.2, 0) is 6.42 Å². The Morgan fingerprint density at radius 1 is 0.586 bits per heavy atom. The molecule has 170 valence electrons. The fourth-order valence-corrected chi connectivity index (χ4v) is 4.31. The topological polar surface area (TPSA) is 4.44 Å². The van der Waals surface area contributed by atoms with Crippen LogP contribution < -0.4 is 17.3 Å². The normalized spacial score (nSPS) is 11.0. The Morgan fingerprint density at radius 2 is 1.00 bits per heavy atom. The number of rotatable bonds is 19. The molecule has 0 radical (unpaired) electrons. The summed E-state index contributed by atoms with van der Waals surface area (Å²) < 4.78 is 0. The lowest BCUT2D eigenvalue weighted by molar-refractivity contribution is -0.896. The van der Waals surface area contributed by atoms with Crippen LogP contribution in [0, 0.1) is 6.92 Å². The zero-order chi connectivity index (χ0) is 20.3. The Morgan fingerprint density at radius 3 is 1.45 bits per heavy atom. The zero-order valence-corrected chi connectivity index (χ0v) is 20.7. The van der Waals surface area contributed by atoms with E-state index in [-0.39, 0.29) is 12.4 Å². The van der Waals surface area contributed by atoms with Gasteiger partial charge in [-0.3, -0.25) is 0 Å². The quantitative estimate of drug-likeness (QED) is 0.321. The Labute approximate surface area is 189 Å². The van der Waals surface area contributed by atoms with Gasteiger partial charge in [-0.1, -0.05) is 94.9 Å². The van der Waals surface area contributed by atoms with Gasteiger partial charge in [0.25, 0.3) is 0 Å². The molecule has 0 aliphatic heterocycles. The van der Waals surface area contributed by atoms with Crippen molar-refractivity contribution in [3.05, 3.63) is 35.4 Å². The Balaban J connectivity index is 0.00000784. The van der Waals surface area contributed by atoms with E-state index in [1.165, 1.54) is 122 Å². The van der Waals surface area contributed by atoms with Crippen molar-refractivity contribution in [2.75, 3.05) is 19.6 Å². The summed E-state index contributed by atoms with van der Waals surface area (Å²) in [6.07, 6.45) is 21.5. The van der Waals surface area contributed by atoms with Gasteiger partial charge in [0.05, 0.1) is 19.6 Å². The first-order valence-electron chi connectivity index (χ1n) is 12.7. The maximum absolute atomic E-state index is 2.31. The molecular weight excluding hydrogens is 374 g/mol. The fraction of sp³-hybridized carbons (Fsp3) is 0.778. The Kier molecular flexibility index (Phi) is 20.4. The minimum atomic E-state index is 0. The van der Waals surface area contributed by atoms with Crippen LogP contribution in [-0.4, -0.2) is 19.6 Å². The molecule has 0 fully saturated rings. The van der Waals surface area contributed by atoms with E-state index in [0.717, 1.165) is 0 Å². The summed E-state index contributed by atoms with van der Waals surface area (Å²) in [6, 6.07) is 8.86. The van der Waals surface area contributed by atoms with Crippen molar-refractivity contribution in [3.63, 3.8) is 0 Å². The summed E-state index contributed by atoms with van der Waals surface area (Å²) in [5, 5.41) is 0. The predicted molar refractivity (Wildman–Crippen MR) is 126 cm³/mol. The van der Waals surface area contributed by atoms with Crippen LogP contribution in [0.4, 0.5) is 0 Å². The number of aryl methyl sites for hydroxylation is 2. The minimum absolute atomic E-state index is 0. The highest BCUT2D eigenvalue weighted by Gasteiger charge is 2.01. The zero-order valence-electron chi connectivity index (χ0n) is 19.9. The lowest BCUT2D eigenvalue weighted by atomic mass is 10.0. The molecule has 1 aromatic rings. The van der Waals surface area contributed by atoms with E-state index in [1.54, 1.807) is 10.5 Å². The molecule has 1 aromatic carbocycles. The van der Waals surface area contributed by atoms with E-state index in [9.17, 15) is 0 Å². The predicted octanol–water partition coefficient (Wildman–Crippen LogP) is 3.93. The van der Waals surface area contributed by atoms with Crippen LogP contribution in [0.15, 0.2) is 24.3 Å². The molecule has 0 atom stereocenters. The first kappa shape index (κ1) is 28.5. The molecule has 1 nitrogen and oxygen atoms in total. The maximum atomic E-state index is 2.31. The second-order valence-electron chi connectivity index (χ2n) is 8.83. The molecule has 0 aliphatic rings. The van der Waals surface area contributed by atoms with E-state index in [1.807, 2.05) is 0 Å². The number of quaternary nitrogens is 1. The summed E-state index contributed by atoms with van der Waals surface area (Å²) >= 11 is 0. The van der Waals surface area contributed by atoms with Gasteiger partial charge in [0.1, 0.15) is 0 Å². The van der Waals surface area contributed by atoms with E-state index in [2.05, 4.69) is 45.0 Å². The molecular formula is C27H50ClN. The van der Waals surface area contributed by atoms with Crippen molar-refractivity contribution in [1.29, 1.82) is 0 Å². The lowest BCUT2D eigenvalue weighted by Gasteiger charge is -2.14. The van der Waals surface area contributed by atoms with Crippen molar-refractivity contribution in [2.45, 2.75) is 117 Å². The Bertz CT molecular complexity index is 456. The third kappa shape index (κ3) is 15.9. The average Bonchev–Trinajstić information content (AvgIpc) is 2.71. The van der Waals surface area contributed by atoms with Gasteiger partial charge in [0.15, 0.2) is 0 Å². The average molecular weight is 424 g/mol. The van der Waals surface area contributed by atoms with E-state index < -0.39 is 0 Å². The number of benzene rings is 1. The third-order valence-electron chi connectivity index (χ3n) is 6.49. The van der Waals surface area contributed by atoms with E-state index in [0.29, 0.717) is 0 Å². The van der Waals surface area contributed by atoms with Crippen LogP contribution in [0.3, 0.4) is 0 Å². The number of halogens is 1. The number of hydrogen-bond donors (Lipinski definition) is 1. The summed E-state index contributed by atoms with van der Waals surface area (Å²) in [6.45, 7) is 10.8. The van der Waals surface area contributed by atoms with Crippen LogP contribution in [0.25, 0.3) is 0 Å². The Hall–Kier alpha value is -0.530. The van der Waals surface area contributed by atoms with Crippen LogP contribution >= 0.6 is 0 Å². The van der Waals surface area contributed by atoms with Crippen LogP contribution in [0.5, 0.6) is 0 Å². The summed E-state index contributed by atoms with van der Waals surface area (Å²) in [5.41, 5.74) is 3.01. The second kappa shape index (κ2) is 20.7. The molecule has 2 heteroatoms. The van der Waals surface area contributed by atoms with Crippen molar-refractivity contribution in [2.24, 2.45) is 0 Å². The van der Waals surface area contributed by atoms with Crippen LogP contribution in [0.1, 0.15) is 115 Å². The van der Waals surface area contributed by atoms with Crippen molar-refractivity contribution in [3.8, 4) is 0 Å². The highest BCUT2D eigenvalue weighted by molar-refractivity contribution is 5.25. The van der Waals surface area contributed by atoms with Crippen molar-refractivity contribution in [1.82, 2.24) is 0 Å². The third-order valence-corrected chi connectivity index (χ3v) is 6.49. The molecule has 0 amide bonds. The van der Waals surface area contributed by atoms with Gasteiger partial charge in [0.2, 0.25) is 0 Å². The van der Waals surface area contributed by atoms with Crippen molar-refractivity contribution >= 4 is 0 Å². The van der Waals surface area contributed by atoms with Gasteiger partial charge in [-0.2, -0.15) is 0 Å². The summed E-state index contributed by atoms with van der Waals surface area (Å²) in [4.78, 5) is 1.77. The van der Waals surface area contributed by atoms with Gasteiger partial charge < -0.3 is 17.3 Å². The van der Waals surface area contributed by atoms with Gasteiger partial charge in [0, 0.05) is 0 Å². The summed E-state index contributed by atoms with van der Waals surface area (Å²) in [7, 11) is 0. The largest absolute Gasteiger partial charge is 1.00 e. The smallest absolute Gasteiger partial charge is 0.0770 e. The molecule has 1 N–H and O–H groups in total. The number of hydrogen-bond acceptors (Lipinski definition) is 0. The molecule has 0 heterocycles. The molecule has 0 bridgehead atoms. The van der Waals surface area contributed by atoms with Gasteiger partial charge in [-0.25, -0.2) is 0 Å². The van der Waals surface area contributed by atoms with Crippen LogP contribution in [0.2, 0.25) is 0 Å². The van der Waals surface area contributed by atoms with Gasteiger partial charge in [-0.15, -0.1) is 0 Å². The maximum Gasteiger partial charge on any atom is 0.0770 e. The molecule has 0 saturated carbocycles. The first-order valence-corrected chi connectivity index (χ1v) is 12.7. The van der Waals surface area contributed by atoms with E-state index in [4.69, 9.17) is 0 Å². The molecule has 0 saturated heterocycles.